The van der Waals surface area contributed by atoms with E-state index >= 15 is 0 Å². The summed E-state index contributed by atoms with van der Waals surface area (Å²) in [4.78, 5) is 0. The second kappa shape index (κ2) is 4.35. The van der Waals surface area contributed by atoms with Gasteiger partial charge in [0.05, 0.1) is 5.60 Å². The Kier molecular flexibility index (Phi) is 4.12. The second-order valence-electron chi connectivity index (χ2n) is 3.38. The number of allylic oxidation sites excluding steroid dienone is 2. The zero-order valence-corrected chi connectivity index (χ0v) is 7.72. The van der Waals surface area contributed by atoms with Crippen molar-refractivity contribution in [2.24, 2.45) is 0 Å². The van der Waals surface area contributed by atoms with Crippen LogP contribution in [0.1, 0.15) is 35.0 Å². The van der Waals surface area contributed by atoms with E-state index in [-0.39, 0.29) is 1.43 Å². The standard InChI is InChI=1S/C10H18O.H2/c1-5-10(4,11)8-6-7-9(2)3;/h5,7,11H,1,6,8H2,2-4H3;1H. The van der Waals surface area contributed by atoms with E-state index in [9.17, 15) is 5.11 Å². The lowest BCUT2D eigenvalue weighted by molar-refractivity contribution is 0.103. The molecule has 0 aliphatic carbocycles. The van der Waals surface area contributed by atoms with Crippen LogP contribution in [0.5, 0.6) is 0 Å². The highest BCUT2D eigenvalue weighted by molar-refractivity contribution is 4.97. The van der Waals surface area contributed by atoms with Crippen LogP contribution in [0.15, 0.2) is 24.3 Å². The molecule has 0 aromatic heterocycles. The van der Waals surface area contributed by atoms with Crippen molar-refractivity contribution in [3.05, 3.63) is 24.3 Å². The third-order valence-corrected chi connectivity index (χ3v) is 1.64. The van der Waals surface area contributed by atoms with Gasteiger partial charge in [0, 0.05) is 1.43 Å². The summed E-state index contributed by atoms with van der Waals surface area (Å²) in [5.41, 5.74) is 0.594. The van der Waals surface area contributed by atoms with Gasteiger partial charge < -0.3 is 5.11 Å². The molecule has 0 aromatic carbocycles. The van der Waals surface area contributed by atoms with Gasteiger partial charge in [-0.2, -0.15) is 0 Å². The van der Waals surface area contributed by atoms with Gasteiger partial charge in [-0.15, -0.1) is 6.58 Å². The third-order valence-electron chi connectivity index (χ3n) is 1.64. The van der Waals surface area contributed by atoms with E-state index in [1.165, 1.54) is 5.57 Å². The van der Waals surface area contributed by atoms with Crippen LogP contribution in [0.3, 0.4) is 0 Å². The minimum Gasteiger partial charge on any atom is -0.386 e. The van der Waals surface area contributed by atoms with E-state index in [1.54, 1.807) is 13.0 Å². The molecule has 0 aliphatic heterocycles. The molecule has 0 spiro atoms. The maximum absolute atomic E-state index is 9.49. The molecular weight excluding hydrogens is 136 g/mol. The van der Waals surface area contributed by atoms with Crippen LogP contribution >= 0.6 is 0 Å². The zero-order valence-electron chi connectivity index (χ0n) is 7.72. The summed E-state index contributed by atoms with van der Waals surface area (Å²) in [7, 11) is 0. The molecule has 1 heteroatoms. The first kappa shape index (κ1) is 10.4. The van der Waals surface area contributed by atoms with Crippen LogP contribution in [0.25, 0.3) is 0 Å². The lowest BCUT2D eigenvalue weighted by Gasteiger charge is -2.16. The minimum absolute atomic E-state index is 0. The van der Waals surface area contributed by atoms with Gasteiger partial charge >= 0.3 is 0 Å². The van der Waals surface area contributed by atoms with Crippen LogP contribution in [-0.2, 0) is 0 Å². The van der Waals surface area contributed by atoms with Gasteiger partial charge in [0.2, 0.25) is 0 Å². The Balaban J connectivity index is 0. The van der Waals surface area contributed by atoms with Crippen molar-refractivity contribution in [2.45, 2.75) is 39.2 Å². The van der Waals surface area contributed by atoms with Crippen molar-refractivity contribution in [1.82, 2.24) is 0 Å². The smallest absolute Gasteiger partial charge is 0.0800 e. The Labute approximate surface area is 70.9 Å². The highest BCUT2D eigenvalue weighted by atomic mass is 16.3. The number of hydrogen-bond donors (Lipinski definition) is 1. The summed E-state index contributed by atoms with van der Waals surface area (Å²) in [6, 6.07) is 0. The van der Waals surface area contributed by atoms with E-state index in [1.807, 2.05) is 0 Å². The quantitative estimate of drug-likeness (QED) is 0.620. The first-order chi connectivity index (χ1) is 4.98. The maximum Gasteiger partial charge on any atom is 0.0800 e. The molecule has 11 heavy (non-hydrogen) atoms. The molecule has 0 aliphatic rings. The molecule has 66 valence electrons. The van der Waals surface area contributed by atoms with E-state index in [0.717, 1.165) is 12.8 Å². The number of hydrogen-bond acceptors (Lipinski definition) is 1. The summed E-state index contributed by atoms with van der Waals surface area (Å²) in [5.74, 6) is 0. The second-order valence-corrected chi connectivity index (χ2v) is 3.38. The largest absolute Gasteiger partial charge is 0.386 e. The normalized spacial score (nSPS) is 15.3. The predicted octanol–water partition coefficient (Wildman–Crippen LogP) is 2.92. The van der Waals surface area contributed by atoms with Crippen LogP contribution in [0.4, 0.5) is 0 Å². The average molecular weight is 156 g/mol. The van der Waals surface area contributed by atoms with Crippen molar-refractivity contribution < 1.29 is 6.53 Å². The van der Waals surface area contributed by atoms with Gasteiger partial charge in [-0.1, -0.05) is 17.7 Å². The van der Waals surface area contributed by atoms with Gasteiger partial charge in [-0.05, 0) is 33.6 Å². The zero-order chi connectivity index (χ0) is 8.91. The summed E-state index contributed by atoms with van der Waals surface area (Å²) >= 11 is 0. The van der Waals surface area contributed by atoms with Gasteiger partial charge in [-0.25, -0.2) is 0 Å². The molecule has 0 bridgehead atoms. The SMILES string of the molecule is C=CC(C)(O)CCC=C(C)C.[HH]. The molecule has 0 heterocycles. The van der Waals surface area contributed by atoms with Gasteiger partial charge in [0.15, 0.2) is 0 Å². The van der Waals surface area contributed by atoms with Crippen molar-refractivity contribution >= 4 is 0 Å². The predicted molar refractivity (Wildman–Crippen MR) is 51.6 cm³/mol. The number of rotatable bonds is 4. The maximum atomic E-state index is 9.49. The molecule has 0 radical (unpaired) electrons. The van der Waals surface area contributed by atoms with E-state index in [2.05, 4.69) is 26.5 Å². The van der Waals surface area contributed by atoms with Gasteiger partial charge in [0.1, 0.15) is 0 Å². The number of aliphatic hydroxyl groups is 1. The van der Waals surface area contributed by atoms with Gasteiger partial charge in [-0.3, -0.25) is 0 Å². The molecule has 1 unspecified atom stereocenters. The Morgan fingerprint density at radius 1 is 1.64 bits per heavy atom. The monoisotopic (exact) mass is 156 g/mol. The van der Waals surface area contributed by atoms with Crippen molar-refractivity contribution in [3.63, 3.8) is 0 Å². The molecule has 0 fully saturated rings. The Bertz CT molecular complexity index is 155. The van der Waals surface area contributed by atoms with Crippen LogP contribution in [-0.4, -0.2) is 10.7 Å². The Morgan fingerprint density at radius 2 is 2.18 bits per heavy atom. The molecular formula is C10H20O. The summed E-state index contributed by atoms with van der Waals surface area (Å²) in [6.07, 6.45) is 5.38. The first-order valence-electron chi connectivity index (χ1n) is 3.97. The highest BCUT2D eigenvalue weighted by Gasteiger charge is 2.12. The van der Waals surface area contributed by atoms with Crippen LogP contribution < -0.4 is 0 Å². The lowest BCUT2D eigenvalue weighted by atomic mass is 10.00. The first-order valence-corrected chi connectivity index (χ1v) is 3.97. The fourth-order valence-corrected chi connectivity index (χ4v) is 0.755. The highest BCUT2D eigenvalue weighted by Crippen LogP contribution is 2.13. The lowest BCUT2D eigenvalue weighted by Crippen LogP contribution is -2.19. The van der Waals surface area contributed by atoms with Crippen molar-refractivity contribution in [2.75, 3.05) is 0 Å². The van der Waals surface area contributed by atoms with E-state index < -0.39 is 5.60 Å². The summed E-state index contributed by atoms with van der Waals surface area (Å²) in [6.45, 7) is 9.45. The summed E-state index contributed by atoms with van der Waals surface area (Å²) < 4.78 is 0. The molecule has 1 atom stereocenters. The Hall–Kier alpha value is -0.560. The minimum atomic E-state index is -0.702. The molecule has 1 nitrogen and oxygen atoms in total. The van der Waals surface area contributed by atoms with Crippen LogP contribution in [0, 0.1) is 0 Å². The molecule has 0 aromatic rings. The molecule has 0 saturated carbocycles. The molecule has 1 N–H and O–H groups in total. The van der Waals surface area contributed by atoms with Gasteiger partial charge in [0.25, 0.3) is 0 Å². The molecule has 0 amide bonds. The van der Waals surface area contributed by atoms with Crippen molar-refractivity contribution in [1.29, 1.82) is 0 Å². The van der Waals surface area contributed by atoms with Crippen molar-refractivity contribution in [3.8, 4) is 0 Å². The Morgan fingerprint density at radius 3 is 2.55 bits per heavy atom. The average Bonchev–Trinajstić information content (AvgIpc) is 1.87. The molecule has 0 rings (SSSR count). The fourth-order valence-electron chi connectivity index (χ4n) is 0.755. The third kappa shape index (κ3) is 5.86. The van der Waals surface area contributed by atoms with E-state index in [4.69, 9.17) is 0 Å². The topological polar surface area (TPSA) is 20.2 Å². The molecule has 0 saturated heterocycles. The fraction of sp³-hybridized carbons (Fsp3) is 0.600. The van der Waals surface area contributed by atoms with E-state index in [0.29, 0.717) is 0 Å². The van der Waals surface area contributed by atoms with Crippen LogP contribution in [0.2, 0.25) is 0 Å². The summed E-state index contributed by atoms with van der Waals surface area (Å²) in [5, 5.41) is 9.49.